The first-order valence-electron chi connectivity index (χ1n) is 6.23. The third-order valence-electron chi connectivity index (χ3n) is 2.85. The molecule has 0 aliphatic carbocycles. The molecule has 0 heterocycles. The van der Waals surface area contributed by atoms with Crippen LogP contribution in [0, 0.1) is 6.92 Å². The molecule has 0 atom stereocenters. The van der Waals surface area contributed by atoms with E-state index in [1.165, 1.54) is 4.90 Å². The summed E-state index contributed by atoms with van der Waals surface area (Å²) in [6, 6.07) is 5.43. The molecule has 6 heteroatoms. The van der Waals surface area contributed by atoms with E-state index in [-0.39, 0.29) is 18.4 Å². The molecule has 1 rings (SSSR count). The summed E-state index contributed by atoms with van der Waals surface area (Å²) in [6.45, 7) is 2.78. The number of ether oxygens (including phenoxy) is 1. The minimum absolute atomic E-state index is 0.0223. The van der Waals surface area contributed by atoms with E-state index in [1.807, 2.05) is 13.0 Å². The van der Waals surface area contributed by atoms with Gasteiger partial charge in [0.05, 0.1) is 13.2 Å². The maximum atomic E-state index is 12.3. The molecule has 0 aliphatic heterocycles. The Labute approximate surface area is 127 Å². The van der Waals surface area contributed by atoms with Crippen LogP contribution in [-0.4, -0.2) is 50.6 Å². The van der Waals surface area contributed by atoms with Crippen LogP contribution >= 0.6 is 15.9 Å². The number of likely N-dealkylation sites (N-methyl/N-ethyl adjacent to an activating group) is 1. The molecule has 0 fully saturated rings. The Bertz CT molecular complexity index is 491. The largest absolute Gasteiger partial charge is 0.383 e. The molecule has 0 saturated heterocycles. The minimum Gasteiger partial charge on any atom is -0.383 e. The Morgan fingerprint density at radius 2 is 2.10 bits per heavy atom. The molecular formula is C14H19BrN2O3. The van der Waals surface area contributed by atoms with Gasteiger partial charge >= 0.3 is 0 Å². The van der Waals surface area contributed by atoms with Gasteiger partial charge in [0.2, 0.25) is 5.91 Å². The highest BCUT2D eigenvalue weighted by Crippen LogP contribution is 2.20. The maximum Gasteiger partial charge on any atom is 0.254 e. The number of hydrogen-bond donors (Lipinski definition) is 1. The Kier molecular flexibility index (Phi) is 6.67. The van der Waals surface area contributed by atoms with Gasteiger partial charge in [-0.25, -0.2) is 0 Å². The smallest absolute Gasteiger partial charge is 0.254 e. The highest BCUT2D eigenvalue weighted by atomic mass is 79.9. The van der Waals surface area contributed by atoms with E-state index >= 15 is 0 Å². The van der Waals surface area contributed by atoms with Gasteiger partial charge < -0.3 is 15.0 Å². The number of nitrogens with zero attached hydrogens (tertiary/aromatic N) is 1. The van der Waals surface area contributed by atoms with Gasteiger partial charge in [0.25, 0.3) is 5.91 Å². The van der Waals surface area contributed by atoms with Gasteiger partial charge in [0.1, 0.15) is 0 Å². The summed E-state index contributed by atoms with van der Waals surface area (Å²) in [6.07, 6.45) is 0. The van der Waals surface area contributed by atoms with Crippen LogP contribution in [0.2, 0.25) is 0 Å². The average molecular weight is 343 g/mol. The van der Waals surface area contributed by atoms with Crippen molar-refractivity contribution in [3.63, 3.8) is 0 Å². The molecule has 0 aliphatic rings. The van der Waals surface area contributed by atoms with Gasteiger partial charge in [0.15, 0.2) is 0 Å². The molecule has 0 unspecified atom stereocenters. The van der Waals surface area contributed by atoms with Gasteiger partial charge in [0, 0.05) is 30.7 Å². The minimum atomic E-state index is -0.203. The van der Waals surface area contributed by atoms with Gasteiger partial charge in [-0.1, -0.05) is 22.0 Å². The van der Waals surface area contributed by atoms with Crippen LogP contribution in [-0.2, 0) is 9.53 Å². The van der Waals surface area contributed by atoms with Gasteiger partial charge in [-0.2, -0.15) is 0 Å². The van der Waals surface area contributed by atoms with E-state index in [4.69, 9.17) is 4.74 Å². The molecule has 20 heavy (non-hydrogen) atoms. The van der Waals surface area contributed by atoms with E-state index in [9.17, 15) is 9.59 Å². The third kappa shape index (κ3) is 4.61. The Balaban J connectivity index is 2.63. The van der Waals surface area contributed by atoms with Gasteiger partial charge in [-0.3, -0.25) is 9.59 Å². The standard InChI is InChI=1S/C14H19BrN2O3/c1-10-11(5-4-6-12(10)15)14(19)17(2)9-13(18)16-7-8-20-3/h4-6H,7-9H2,1-3H3,(H,16,18). The first-order valence-corrected chi connectivity index (χ1v) is 7.03. The van der Waals surface area contributed by atoms with Crippen LogP contribution in [0.25, 0.3) is 0 Å². The Morgan fingerprint density at radius 3 is 2.75 bits per heavy atom. The van der Waals surface area contributed by atoms with E-state index in [2.05, 4.69) is 21.2 Å². The number of halogens is 1. The summed E-state index contributed by atoms with van der Waals surface area (Å²) >= 11 is 3.39. The van der Waals surface area contributed by atoms with Crippen molar-refractivity contribution in [2.45, 2.75) is 6.92 Å². The van der Waals surface area contributed by atoms with Crippen LogP contribution in [0.5, 0.6) is 0 Å². The summed E-state index contributed by atoms with van der Waals surface area (Å²) < 4.78 is 5.72. The fourth-order valence-electron chi connectivity index (χ4n) is 1.68. The molecule has 2 amide bonds. The fourth-order valence-corrected chi connectivity index (χ4v) is 2.05. The van der Waals surface area contributed by atoms with E-state index in [1.54, 1.807) is 26.3 Å². The molecule has 0 saturated carbocycles. The van der Waals surface area contributed by atoms with Crippen molar-refractivity contribution in [3.05, 3.63) is 33.8 Å². The lowest BCUT2D eigenvalue weighted by molar-refractivity contribution is -0.121. The lowest BCUT2D eigenvalue weighted by Crippen LogP contribution is -2.39. The lowest BCUT2D eigenvalue weighted by atomic mass is 10.1. The Hall–Kier alpha value is -1.40. The second-order valence-electron chi connectivity index (χ2n) is 4.42. The second-order valence-corrected chi connectivity index (χ2v) is 5.27. The Morgan fingerprint density at radius 1 is 1.40 bits per heavy atom. The van der Waals surface area contributed by atoms with Crippen molar-refractivity contribution in [2.24, 2.45) is 0 Å². The maximum absolute atomic E-state index is 12.3. The zero-order valence-electron chi connectivity index (χ0n) is 11.9. The molecule has 0 radical (unpaired) electrons. The first kappa shape index (κ1) is 16.7. The molecule has 0 spiro atoms. The molecule has 0 aromatic heterocycles. The van der Waals surface area contributed by atoms with Crippen molar-refractivity contribution >= 4 is 27.7 Å². The number of nitrogens with one attached hydrogen (secondary N) is 1. The van der Waals surface area contributed by atoms with Crippen molar-refractivity contribution in [2.75, 3.05) is 33.9 Å². The third-order valence-corrected chi connectivity index (χ3v) is 3.71. The van der Waals surface area contributed by atoms with Crippen molar-refractivity contribution in [3.8, 4) is 0 Å². The number of rotatable bonds is 6. The molecular weight excluding hydrogens is 324 g/mol. The zero-order valence-corrected chi connectivity index (χ0v) is 13.5. The van der Waals surface area contributed by atoms with E-state index in [0.717, 1.165) is 10.0 Å². The van der Waals surface area contributed by atoms with Crippen LogP contribution < -0.4 is 5.32 Å². The summed E-state index contributed by atoms with van der Waals surface area (Å²) in [5, 5.41) is 2.68. The number of benzene rings is 1. The number of methoxy groups -OCH3 is 1. The summed E-state index contributed by atoms with van der Waals surface area (Å²) in [5.74, 6) is -0.378. The molecule has 1 aromatic carbocycles. The van der Waals surface area contributed by atoms with Crippen molar-refractivity contribution in [1.29, 1.82) is 0 Å². The summed E-state index contributed by atoms with van der Waals surface area (Å²) in [5.41, 5.74) is 1.45. The molecule has 110 valence electrons. The van der Waals surface area contributed by atoms with Gasteiger partial charge in [-0.05, 0) is 24.6 Å². The number of carbonyl (C=O) groups excluding carboxylic acids is 2. The predicted octanol–water partition coefficient (Wildman–Crippen LogP) is 1.59. The fraction of sp³-hybridized carbons (Fsp3) is 0.429. The molecule has 1 N–H and O–H groups in total. The average Bonchev–Trinajstić information content (AvgIpc) is 2.41. The lowest BCUT2D eigenvalue weighted by Gasteiger charge is -2.18. The van der Waals surface area contributed by atoms with E-state index in [0.29, 0.717) is 18.7 Å². The van der Waals surface area contributed by atoms with Crippen molar-refractivity contribution < 1.29 is 14.3 Å². The quantitative estimate of drug-likeness (QED) is 0.798. The zero-order chi connectivity index (χ0) is 15.1. The topological polar surface area (TPSA) is 58.6 Å². The van der Waals surface area contributed by atoms with Crippen LogP contribution in [0.1, 0.15) is 15.9 Å². The monoisotopic (exact) mass is 342 g/mol. The normalized spacial score (nSPS) is 10.2. The summed E-state index contributed by atoms with van der Waals surface area (Å²) in [4.78, 5) is 25.3. The molecule has 1 aromatic rings. The first-order chi connectivity index (χ1) is 9.47. The van der Waals surface area contributed by atoms with Crippen LogP contribution in [0.4, 0.5) is 0 Å². The SMILES string of the molecule is COCCNC(=O)CN(C)C(=O)c1cccc(Br)c1C. The molecule has 0 bridgehead atoms. The molecule has 5 nitrogen and oxygen atoms in total. The summed E-state index contributed by atoms with van der Waals surface area (Å²) in [7, 11) is 3.18. The van der Waals surface area contributed by atoms with Crippen LogP contribution in [0.3, 0.4) is 0 Å². The number of amides is 2. The highest BCUT2D eigenvalue weighted by Gasteiger charge is 2.17. The highest BCUT2D eigenvalue weighted by molar-refractivity contribution is 9.10. The van der Waals surface area contributed by atoms with Gasteiger partial charge in [-0.15, -0.1) is 0 Å². The number of carbonyl (C=O) groups is 2. The van der Waals surface area contributed by atoms with Crippen LogP contribution in [0.15, 0.2) is 22.7 Å². The second kappa shape index (κ2) is 8.01. The van der Waals surface area contributed by atoms with E-state index < -0.39 is 0 Å². The predicted molar refractivity (Wildman–Crippen MR) is 80.7 cm³/mol. The number of hydrogen-bond acceptors (Lipinski definition) is 3. The van der Waals surface area contributed by atoms with Crippen molar-refractivity contribution in [1.82, 2.24) is 10.2 Å².